The molecule has 9 heteroatoms. The topological polar surface area (TPSA) is 111 Å². The Morgan fingerprint density at radius 2 is 1.69 bits per heavy atom. The molecule has 3 aromatic rings. The quantitative estimate of drug-likeness (QED) is 0.185. The summed E-state index contributed by atoms with van der Waals surface area (Å²) in [6, 6.07) is 19.9. The highest BCUT2D eigenvalue weighted by Gasteiger charge is 2.42. The molecule has 0 spiro atoms. The van der Waals surface area contributed by atoms with Crippen molar-refractivity contribution < 1.29 is 24.0 Å². The maximum Gasteiger partial charge on any atom is 0.330 e. The number of non-ortho nitro benzene ring substituents is 1. The molecule has 1 heterocycles. The first kappa shape index (κ1) is 26.0. The van der Waals surface area contributed by atoms with E-state index in [-0.39, 0.29) is 29.2 Å². The van der Waals surface area contributed by atoms with Crippen molar-refractivity contribution in [2.45, 2.75) is 32.7 Å². The van der Waals surface area contributed by atoms with Crippen LogP contribution in [0.3, 0.4) is 0 Å². The Morgan fingerprint density at radius 1 is 1.03 bits per heavy atom. The van der Waals surface area contributed by atoms with Crippen molar-refractivity contribution >= 4 is 28.8 Å². The van der Waals surface area contributed by atoms with Crippen molar-refractivity contribution in [3.63, 3.8) is 0 Å². The molecule has 0 fully saturated rings. The molecule has 0 bridgehead atoms. The number of fused-ring (bicyclic) bond motifs is 1. The van der Waals surface area contributed by atoms with Gasteiger partial charge in [-0.1, -0.05) is 38.1 Å². The molecule has 5 rings (SSSR count). The molecule has 0 radical (unpaired) electrons. The summed E-state index contributed by atoms with van der Waals surface area (Å²) in [5.74, 6) is 0.337. The highest BCUT2D eigenvalue weighted by atomic mass is 16.6. The number of methoxy groups -OCH3 is 1. The second-order valence-corrected chi connectivity index (χ2v) is 10.5. The van der Waals surface area contributed by atoms with Gasteiger partial charge < -0.3 is 19.7 Å². The highest BCUT2D eigenvalue weighted by molar-refractivity contribution is 6.01. The molecule has 0 amide bonds. The van der Waals surface area contributed by atoms with Crippen LogP contribution in [0.4, 0.5) is 17.1 Å². The van der Waals surface area contributed by atoms with Gasteiger partial charge in [0.15, 0.2) is 5.78 Å². The number of hydrogen-bond donors (Lipinski definition) is 1. The van der Waals surface area contributed by atoms with Crippen LogP contribution in [-0.2, 0) is 9.59 Å². The number of ether oxygens (including phenoxy) is 2. The minimum atomic E-state index is -0.565. The standard InChI is InChI=1S/C30H29N3O6/c1-30(2)16-24-28(26(34)17-30)29(19-8-12-21(38-3)13-9-19)32(25-7-5-4-6-23(25)31-24)18-27(35)39-22-14-10-20(11-15-22)33(36)37/h4-15,29,31H,16-18H2,1-3H3. The molecule has 9 nitrogen and oxygen atoms in total. The molecule has 1 aliphatic heterocycles. The summed E-state index contributed by atoms with van der Waals surface area (Å²) in [5, 5.41) is 14.5. The van der Waals surface area contributed by atoms with E-state index in [9.17, 15) is 19.7 Å². The van der Waals surface area contributed by atoms with Gasteiger partial charge in [-0.25, -0.2) is 4.79 Å². The van der Waals surface area contributed by atoms with Crippen LogP contribution in [-0.4, -0.2) is 30.3 Å². The van der Waals surface area contributed by atoms with E-state index in [4.69, 9.17) is 9.47 Å². The maximum atomic E-state index is 13.7. The van der Waals surface area contributed by atoms with E-state index in [0.29, 0.717) is 24.2 Å². The molecule has 39 heavy (non-hydrogen) atoms. The Hall–Kier alpha value is -4.66. The van der Waals surface area contributed by atoms with E-state index in [0.717, 1.165) is 22.6 Å². The molecule has 1 N–H and O–H groups in total. The maximum absolute atomic E-state index is 13.7. The number of carbonyl (C=O) groups is 2. The zero-order valence-corrected chi connectivity index (χ0v) is 22.0. The molecular weight excluding hydrogens is 498 g/mol. The first-order valence-corrected chi connectivity index (χ1v) is 12.6. The van der Waals surface area contributed by atoms with E-state index in [1.165, 1.54) is 24.3 Å². The van der Waals surface area contributed by atoms with Crippen LogP contribution in [0.1, 0.15) is 38.3 Å². The van der Waals surface area contributed by atoms with Crippen LogP contribution in [0.15, 0.2) is 84.1 Å². The van der Waals surface area contributed by atoms with Gasteiger partial charge in [0.2, 0.25) is 0 Å². The third-order valence-corrected chi connectivity index (χ3v) is 7.01. The van der Waals surface area contributed by atoms with E-state index < -0.39 is 16.9 Å². The first-order valence-electron chi connectivity index (χ1n) is 12.6. The summed E-state index contributed by atoms with van der Waals surface area (Å²) < 4.78 is 10.9. The fourth-order valence-corrected chi connectivity index (χ4v) is 5.30. The predicted molar refractivity (Wildman–Crippen MR) is 147 cm³/mol. The van der Waals surface area contributed by atoms with Crippen LogP contribution in [0.25, 0.3) is 0 Å². The fourth-order valence-electron chi connectivity index (χ4n) is 5.30. The Morgan fingerprint density at radius 3 is 2.36 bits per heavy atom. The summed E-state index contributed by atoms with van der Waals surface area (Å²) in [4.78, 5) is 39.4. The molecule has 1 aliphatic carbocycles. The second-order valence-electron chi connectivity index (χ2n) is 10.5. The van der Waals surface area contributed by atoms with Gasteiger partial charge in [0.05, 0.1) is 29.4 Å². The van der Waals surface area contributed by atoms with E-state index >= 15 is 0 Å². The fraction of sp³-hybridized carbons (Fsp3) is 0.267. The number of Topliss-reactive ketones (excluding diaryl/α,β-unsaturated/α-hetero) is 1. The minimum absolute atomic E-state index is 0.0242. The highest BCUT2D eigenvalue weighted by Crippen LogP contribution is 2.48. The number of nitro groups is 1. The summed E-state index contributed by atoms with van der Waals surface area (Å²) >= 11 is 0. The summed E-state index contributed by atoms with van der Waals surface area (Å²) in [6.45, 7) is 3.99. The van der Waals surface area contributed by atoms with E-state index in [1.807, 2.05) is 53.4 Å². The first-order chi connectivity index (χ1) is 18.6. The van der Waals surface area contributed by atoms with Gasteiger partial charge >= 0.3 is 5.97 Å². The monoisotopic (exact) mass is 527 g/mol. The summed E-state index contributed by atoms with van der Waals surface area (Å²) in [5.41, 5.74) is 3.52. The van der Waals surface area contributed by atoms with Crippen LogP contribution in [0, 0.1) is 15.5 Å². The van der Waals surface area contributed by atoms with Crippen molar-refractivity contribution in [1.82, 2.24) is 0 Å². The normalized spacial score (nSPS) is 17.9. The Kier molecular flexibility index (Phi) is 6.82. The van der Waals surface area contributed by atoms with Crippen LogP contribution in [0.2, 0.25) is 0 Å². The molecule has 200 valence electrons. The van der Waals surface area contributed by atoms with Crippen molar-refractivity contribution in [3.05, 3.63) is 99.7 Å². The predicted octanol–water partition coefficient (Wildman–Crippen LogP) is 5.83. The smallest absolute Gasteiger partial charge is 0.330 e. The van der Waals surface area contributed by atoms with Gasteiger partial charge in [-0.3, -0.25) is 14.9 Å². The van der Waals surface area contributed by atoms with Crippen LogP contribution < -0.4 is 19.7 Å². The number of rotatable bonds is 6. The molecule has 3 aromatic carbocycles. The molecule has 1 atom stereocenters. The number of nitrogens with one attached hydrogen (secondary N) is 1. The number of anilines is 2. The third kappa shape index (κ3) is 5.34. The van der Waals surface area contributed by atoms with Gasteiger partial charge in [-0.15, -0.1) is 0 Å². The van der Waals surface area contributed by atoms with Crippen LogP contribution >= 0.6 is 0 Å². The Labute approximate surface area is 226 Å². The van der Waals surface area contributed by atoms with Gasteiger partial charge in [0.1, 0.15) is 18.0 Å². The number of allylic oxidation sites excluding steroid dienone is 1. The van der Waals surface area contributed by atoms with Crippen molar-refractivity contribution in [3.8, 4) is 11.5 Å². The minimum Gasteiger partial charge on any atom is -0.497 e. The molecule has 0 aromatic heterocycles. The molecular formula is C30H29N3O6. The van der Waals surface area contributed by atoms with E-state index in [1.54, 1.807) is 7.11 Å². The van der Waals surface area contributed by atoms with Gasteiger partial charge in [-0.2, -0.15) is 0 Å². The largest absolute Gasteiger partial charge is 0.497 e. The zero-order valence-electron chi connectivity index (χ0n) is 22.0. The Balaban J connectivity index is 1.58. The van der Waals surface area contributed by atoms with Gasteiger partial charge in [0.25, 0.3) is 5.69 Å². The van der Waals surface area contributed by atoms with Crippen molar-refractivity contribution in [2.24, 2.45) is 5.41 Å². The third-order valence-electron chi connectivity index (χ3n) is 7.01. The summed E-state index contributed by atoms with van der Waals surface area (Å²) in [7, 11) is 1.59. The number of benzene rings is 3. The zero-order chi connectivity index (χ0) is 27.7. The second kappa shape index (κ2) is 10.2. The number of esters is 1. The lowest BCUT2D eigenvalue weighted by Gasteiger charge is -2.37. The van der Waals surface area contributed by atoms with Crippen molar-refractivity contribution in [2.75, 3.05) is 23.9 Å². The lowest BCUT2D eigenvalue weighted by molar-refractivity contribution is -0.384. The van der Waals surface area contributed by atoms with Crippen molar-refractivity contribution in [1.29, 1.82) is 0 Å². The SMILES string of the molecule is COc1ccc(C2C3=C(CC(C)(C)CC3=O)Nc3ccccc3N2CC(=O)Oc2ccc([N+](=O)[O-])cc2)cc1. The number of hydrogen-bond acceptors (Lipinski definition) is 8. The van der Waals surface area contributed by atoms with Gasteiger partial charge in [0, 0.05) is 29.8 Å². The average molecular weight is 528 g/mol. The van der Waals surface area contributed by atoms with Crippen LogP contribution in [0.5, 0.6) is 11.5 Å². The molecule has 0 saturated carbocycles. The molecule has 2 aliphatic rings. The lowest BCUT2D eigenvalue weighted by Crippen LogP contribution is -2.39. The number of ketones is 1. The Bertz CT molecular complexity index is 1460. The average Bonchev–Trinajstić information content (AvgIpc) is 3.03. The number of nitro benzene ring substituents is 1. The summed E-state index contributed by atoms with van der Waals surface area (Å²) in [6.07, 6.45) is 1.06. The van der Waals surface area contributed by atoms with E-state index in [2.05, 4.69) is 19.2 Å². The number of para-hydroxylation sites is 2. The van der Waals surface area contributed by atoms with Gasteiger partial charge in [-0.05, 0) is 53.8 Å². The molecule has 1 unspecified atom stereocenters. The lowest BCUT2D eigenvalue weighted by atomic mass is 9.73. The molecule has 0 saturated heterocycles. The number of nitrogens with zero attached hydrogens (tertiary/aromatic N) is 2. The number of carbonyl (C=O) groups excluding carboxylic acids is 2.